The van der Waals surface area contributed by atoms with E-state index in [1.165, 1.54) is 0 Å². The van der Waals surface area contributed by atoms with Gasteiger partial charge in [-0.25, -0.2) is 0 Å². The molecule has 0 spiro atoms. The van der Waals surface area contributed by atoms with Gasteiger partial charge in [-0.05, 0) is 12.1 Å². The Balaban J connectivity index is 2.16. The summed E-state index contributed by atoms with van der Waals surface area (Å²) in [4.78, 5) is 13.2. The second-order valence-electron chi connectivity index (χ2n) is 3.68. The molecule has 0 aromatic heterocycles. The van der Waals surface area contributed by atoms with Crippen molar-refractivity contribution in [2.24, 2.45) is 0 Å². The molecule has 1 amide bonds. The standard InChI is InChI=1S/C11H13ClN2O2/c12-9-2-1-3-10(13)8(9)6-14-4-5-16-7-11(14)15/h1-3H,4-7,13H2. The highest BCUT2D eigenvalue weighted by Crippen LogP contribution is 2.23. The van der Waals surface area contributed by atoms with Crippen LogP contribution < -0.4 is 5.73 Å². The van der Waals surface area contributed by atoms with Gasteiger partial charge in [-0.3, -0.25) is 4.79 Å². The molecule has 0 unspecified atom stereocenters. The number of carbonyl (C=O) groups excluding carboxylic acids is 1. The van der Waals surface area contributed by atoms with Gasteiger partial charge in [0.25, 0.3) is 0 Å². The van der Waals surface area contributed by atoms with Crippen LogP contribution in [-0.2, 0) is 16.1 Å². The fraction of sp³-hybridized carbons (Fsp3) is 0.364. The van der Waals surface area contributed by atoms with Crippen LogP contribution in [-0.4, -0.2) is 30.6 Å². The number of nitrogens with zero attached hydrogens (tertiary/aromatic N) is 1. The summed E-state index contributed by atoms with van der Waals surface area (Å²) >= 11 is 6.05. The van der Waals surface area contributed by atoms with Gasteiger partial charge in [-0.2, -0.15) is 0 Å². The van der Waals surface area contributed by atoms with Crippen molar-refractivity contribution in [2.45, 2.75) is 6.54 Å². The van der Waals surface area contributed by atoms with E-state index in [1.54, 1.807) is 23.1 Å². The van der Waals surface area contributed by atoms with Crippen LogP contribution in [0.25, 0.3) is 0 Å². The van der Waals surface area contributed by atoms with Crippen LogP contribution in [0.5, 0.6) is 0 Å². The minimum atomic E-state index is -0.0226. The van der Waals surface area contributed by atoms with Gasteiger partial charge in [-0.1, -0.05) is 17.7 Å². The van der Waals surface area contributed by atoms with Crippen LogP contribution in [0.1, 0.15) is 5.56 Å². The predicted octanol–water partition coefficient (Wildman–Crippen LogP) is 1.28. The highest BCUT2D eigenvalue weighted by Gasteiger charge is 2.20. The van der Waals surface area contributed by atoms with E-state index < -0.39 is 0 Å². The zero-order chi connectivity index (χ0) is 11.5. The van der Waals surface area contributed by atoms with E-state index in [1.807, 2.05) is 0 Å². The molecule has 1 fully saturated rings. The summed E-state index contributed by atoms with van der Waals surface area (Å²) in [5, 5.41) is 0.597. The summed E-state index contributed by atoms with van der Waals surface area (Å²) in [6.45, 7) is 1.75. The monoisotopic (exact) mass is 240 g/mol. The Kier molecular flexibility index (Phi) is 3.31. The molecule has 0 aliphatic carbocycles. The van der Waals surface area contributed by atoms with E-state index in [-0.39, 0.29) is 12.5 Å². The van der Waals surface area contributed by atoms with Crippen molar-refractivity contribution in [1.82, 2.24) is 4.90 Å². The largest absolute Gasteiger partial charge is 0.398 e. The number of nitrogen functional groups attached to an aromatic ring is 1. The Morgan fingerprint density at radius 3 is 3.00 bits per heavy atom. The third-order valence-corrected chi connectivity index (χ3v) is 2.94. The SMILES string of the molecule is Nc1cccc(Cl)c1CN1CCOCC1=O. The minimum Gasteiger partial charge on any atom is -0.398 e. The number of rotatable bonds is 2. The van der Waals surface area contributed by atoms with E-state index in [9.17, 15) is 4.79 Å². The van der Waals surface area contributed by atoms with Crippen molar-refractivity contribution in [3.8, 4) is 0 Å². The fourth-order valence-electron chi connectivity index (χ4n) is 1.65. The van der Waals surface area contributed by atoms with Crippen LogP contribution in [0.2, 0.25) is 5.02 Å². The van der Waals surface area contributed by atoms with Gasteiger partial charge >= 0.3 is 0 Å². The number of anilines is 1. The molecule has 16 heavy (non-hydrogen) atoms. The number of benzene rings is 1. The first-order valence-corrected chi connectivity index (χ1v) is 5.44. The van der Waals surface area contributed by atoms with Crippen LogP contribution in [0, 0.1) is 0 Å². The second kappa shape index (κ2) is 4.72. The molecule has 1 aliphatic heterocycles. The fourth-order valence-corrected chi connectivity index (χ4v) is 1.89. The molecule has 1 heterocycles. The lowest BCUT2D eigenvalue weighted by molar-refractivity contribution is -0.143. The number of amides is 1. The number of nitrogens with two attached hydrogens (primary N) is 1. The third-order valence-electron chi connectivity index (χ3n) is 2.59. The number of ether oxygens (including phenoxy) is 1. The Labute approximate surface area is 98.9 Å². The zero-order valence-corrected chi connectivity index (χ0v) is 9.54. The van der Waals surface area contributed by atoms with E-state index >= 15 is 0 Å². The first-order chi connectivity index (χ1) is 7.68. The quantitative estimate of drug-likeness (QED) is 0.793. The molecule has 2 rings (SSSR count). The van der Waals surface area contributed by atoms with E-state index in [0.29, 0.717) is 30.4 Å². The number of hydrogen-bond donors (Lipinski definition) is 1. The maximum absolute atomic E-state index is 11.5. The average Bonchev–Trinajstić information content (AvgIpc) is 2.26. The minimum absolute atomic E-state index is 0.0226. The summed E-state index contributed by atoms with van der Waals surface area (Å²) in [5.74, 6) is -0.0226. The average molecular weight is 241 g/mol. The lowest BCUT2D eigenvalue weighted by Gasteiger charge is -2.27. The molecular weight excluding hydrogens is 228 g/mol. The highest BCUT2D eigenvalue weighted by atomic mass is 35.5. The molecule has 0 atom stereocenters. The van der Waals surface area contributed by atoms with Gasteiger partial charge in [-0.15, -0.1) is 0 Å². The molecule has 1 aliphatic rings. The van der Waals surface area contributed by atoms with Crippen molar-refractivity contribution in [1.29, 1.82) is 0 Å². The van der Waals surface area contributed by atoms with Crippen LogP contribution in [0.3, 0.4) is 0 Å². The smallest absolute Gasteiger partial charge is 0.248 e. The molecule has 4 nitrogen and oxygen atoms in total. The Hall–Kier alpha value is -1.26. The van der Waals surface area contributed by atoms with Crippen molar-refractivity contribution >= 4 is 23.2 Å². The van der Waals surface area contributed by atoms with E-state index in [2.05, 4.69) is 0 Å². The first kappa shape index (κ1) is 11.2. The van der Waals surface area contributed by atoms with E-state index in [4.69, 9.17) is 22.1 Å². The van der Waals surface area contributed by atoms with Gasteiger partial charge in [0.1, 0.15) is 6.61 Å². The summed E-state index contributed by atoms with van der Waals surface area (Å²) < 4.78 is 5.05. The normalized spacial score (nSPS) is 16.6. The van der Waals surface area contributed by atoms with Crippen LogP contribution >= 0.6 is 11.6 Å². The Morgan fingerprint density at radius 1 is 1.50 bits per heavy atom. The predicted molar refractivity (Wildman–Crippen MR) is 62.1 cm³/mol. The number of carbonyl (C=O) groups is 1. The summed E-state index contributed by atoms with van der Waals surface area (Å²) in [6, 6.07) is 5.35. The Morgan fingerprint density at radius 2 is 2.31 bits per heavy atom. The van der Waals surface area contributed by atoms with Gasteiger partial charge in [0.05, 0.1) is 6.61 Å². The van der Waals surface area contributed by atoms with Crippen molar-refractivity contribution in [2.75, 3.05) is 25.5 Å². The molecule has 1 aromatic rings. The van der Waals surface area contributed by atoms with E-state index in [0.717, 1.165) is 5.56 Å². The molecule has 0 radical (unpaired) electrons. The molecule has 5 heteroatoms. The number of morpholine rings is 1. The maximum atomic E-state index is 11.5. The maximum Gasteiger partial charge on any atom is 0.248 e. The summed E-state index contributed by atoms with van der Waals surface area (Å²) in [5.41, 5.74) is 7.25. The number of hydrogen-bond acceptors (Lipinski definition) is 3. The summed E-state index contributed by atoms with van der Waals surface area (Å²) in [6.07, 6.45) is 0. The lowest BCUT2D eigenvalue weighted by Crippen LogP contribution is -2.41. The van der Waals surface area contributed by atoms with Crippen LogP contribution in [0.4, 0.5) is 5.69 Å². The molecule has 86 valence electrons. The van der Waals surface area contributed by atoms with Crippen molar-refractivity contribution in [3.05, 3.63) is 28.8 Å². The molecule has 0 bridgehead atoms. The topological polar surface area (TPSA) is 55.6 Å². The molecule has 1 aromatic carbocycles. The Bertz CT molecular complexity index is 389. The highest BCUT2D eigenvalue weighted by molar-refractivity contribution is 6.31. The lowest BCUT2D eigenvalue weighted by atomic mass is 10.1. The van der Waals surface area contributed by atoms with Gasteiger partial charge < -0.3 is 15.4 Å². The van der Waals surface area contributed by atoms with Gasteiger partial charge in [0.2, 0.25) is 5.91 Å². The second-order valence-corrected chi connectivity index (χ2v) is 4.08. The zero-order valence-electron chi connectivity index (χ0n) is 8.78. The molecule has 2 N–H and O–H groups in total. The van der Waals surface area contributed by atoms with Crippen molar-refractivity contribution in [3.63, 3.8) is 0 Å². The molecule has 0 saturated carbocycles. The van der Waals surface area contributed by atoms with Gasteiger partial charge in [0.15, 0.2) is 0 Å². The first-order valence-electron chi connectivity index (χ1n) is 5.07. The van der Waals surface area contributed by atoms with Crippen molar-refractivity contribution < 1.29 is 9.53 Å². The molecule has 1 saturated heterocycles. The van der Waals surface area contributed by atoms with Gasteiger partial charge in [0, 0.05) is 29.4 Å². The third kappa shape index (κ3) is 2.28. The summed E-state index contributed by atoms with van der Waals surface area (Å²) in [7, 11) is 0. The molecular formula is C11H13ClN2O2. The van der Waals surface area contributed by atoms with Crippen LogP contribution in [0.15, 0.2) is 18.2 Å². The number of halogens is 1.